The summed E-state index contributed by atoms with van der Waals surface area (Å²) in [5.74, 6) is 0.173. The van der Waals surface area contributed by atoms with Gasteiger partial charge in [0, 0.05) is 18.7 Å². The van der Waals surface area contributed by atoms with Crippen LogP contribution in [0, 0.1) is 0 Å². The molecule has 0 spiro atoms. The maximum Gasteiger partial charge on any atom is 0.253 e. The molecule has 1 N–H and O–H groups in total. The number of aromatic nitrogens is 1. The van der Waals surface area contributed by atoms with Gasteiger partial charge < -0.3 is 14.8 Å². The van der Waals surface area contributed by atoms with E-state index in [1.165, 1.54) is 6.20 Å². The third kappa shape index (κ3) is 3.84. The van der Waals surface area contributed by atoms with Crippen LogP contribution in [0.15, 0.2) is 12.3 Å². The van der Waals surface area contributed by atoms with E-state index in [2.05, 4.69) is 10.3 Å². The van der Waals surface area contributed by atoms with Gasteiger partial charge in [0.05, 0.1) is 18.8 Å². The summed E-state index contributed by atoms with van der Waals surface area (Å²) in [6.07, 6.45) is 3.17. The molecule has 2 rings (SSSR count). The molecular weight excluding hydrogens is 280 g/mol. The number of ether oxygens (including phenoxy) is 2. The number of halogens is 1. The Kier molecular flexibility index (Phi) is 5.20. The number of hydrogen-bond acceptors (Lipinski definition) is 4. The Hall–Kier alpha value is -1.33. The van der Waals surface area contributed by atoms with Crippen molar-refractivity contribution in [2.75, 3.05) is 13.2 Å². The smallest absolute Gasteiger partial charge is 0.253 e. The largest absolute Gasteiger partial charge is 0.471 e. The molecule has 2 atom stereocenters. The number of carbonyl (C=O) groups excluding carboxylic acids is 1. The zero-order chi connectivity index (χ0) is 14.5. The molecule has 5 nitrogen and oxygen atoms in total. The first-order valence-corrected chi connectivity index (χ1v) is 7.18. The molecule has 1 aromatic heterocycles. The number of nitrogens with one attached hydrogen (secondary N) is 1. The Bertz CT molecular complexity index is 475. The van der Waals surface area contributed by atoms with Gasteiger partial charge in [-0.05, 0) is 19.4 Å². The molecule has 1 aromatic rings. The molecule has 1 amide bonds. The second kappa shape index (κ2) is 6.90. The van der Waals surface area contributed by atoms with Gasteiger partial charge in [0.1, 0.15) is 11.1 Å². The predicted molar refractivity (Wildman–Crippen MR) is 76.3 cm³/mol. The number of amides is 1. The van der Waals surface area contributed by atoms with E-state index in [1.807, 2.05) is 13.8 Å². The molecule has 2 heterocycles. The van der Waals surface area contributed by atoms with E-state index in [0.717, 1.165) is 12.8 Å². The van der Waals surface area contributed by atoms with Crippen molar-refractivity contribution in [1.82, 2.24) is 10.3 Å². The van der Waals surface area contributed by atoms with Crippen molar-refractivity contribution in [3.05, 3.63) is 22.8 Å². The van der Waals surface area contributed by atoms with Crippen molar-refractivity contribution in [1.29, 1.82) is 0 Å². The number of rotatable bonds is 5. The van der Waals surface area contributed by atoms with Gasteiger partial charge in [-0.2, -0.15) is 0 Å². The van der Waals surface area contributed by atoms with Gasteiger partial charge in [-0.1, -0.05) is 18.5 Å². The van der Waals surface area contributed by atoms with E-state index in [0.29, 0.717) is 29.7 Å². The molecule has 2 unspecified atom stereocenters. The number of carbonyl (C=O) groups is 1. The predicted octanol–water partition coefficient (Wildman–Crippen LogP) is 2.43. The third-order valence-corrected chi connectivity index (χ3v) is 3.50. The van der Waals surface area contributed by atoms with Gasteiger partial charge in [-0.25, -0.2) is 4.98 Å². The summed E-state index contributed by atoms with van der Waals surface area (Å²) in [5, 5.41) is 3.21. The highest BCUT2D eigenvalue weighted by Gasteiger charge is 2.20. The normalized spacial score (nSPS) is 19.6. The summed E-state index contributed by atoms with van der Waals surface area (Å²) in [6, 6.07) is 1.70. The lowest BCUT2D eigenvalue weighted by atomic mass is 10.2. The maximum absolute atomic E-state index is 12.0. The molecular formula is C14H19ClN2O3. The SMILES string of the molecule is CCC(C)NC(=O)c1cnc(OC2CCOC2)c(Cl)c1. The fourth-order valence-corrected chi connectivity index (χ4v) is 2.02. The fraction of sp³-hybridized carbons (Fsp3) is 0.571. The maximum atomic E-state index is 12.0. The molecule has 0 aromatic carbocycles. The quantitative estimate of drug-likeness (QED) is 0.907. The molecule has 6 heteroatoms. The monoisotopic (exact) mass is 298 g/mol. The zero-order valence-electron chi connectivity index (χ0n) is 11.7. The standard InChI is InChI=1S/C14H19ClN2O3/c1-3-9(2)17-13(18)10-6-12(15)14(16-7-10)20-11-4-5-19-8-11/h6-7,9,11H,3-5,8H2,1-2H3,(H,17,18). The van der Waals surface area contributed by atoms with Crippen LogP contribution >= 0.6 is 11.6 Å². The molecule has 0 radical (unpaired) electrons. The van der Waals surface area contributed by atoms with Crippen molar-refractivity contribution >= 4 is 17.5 Å². The van der Waals surface area contributed by atoms with Crippen LogP contribution in [0.2, 0.25) is 5.02 Å². The molecule has 1 saturated heterocycles. The van der Waals surface area contributed by atoms with E-state index in [4.69, 9.17) is 21.1 Å². The highest BCUT2D eigenvalue weighted by atomic mass is 35.5. The Labute approximate surface area is 123 Å². The van der Waals surface area contributed by atoms with Crippen LogP contribution < -0.4 is 10.1 Å². The van der Waals surface area contributed by atoms with Gasteiger partial charge in [0.25, 0.3) is 5.91 Å². The zero-order valence-corrected chi connectivity index (χ0v) is 12.4. The van der Waals surface area contributed by atoms with E-state index in [1.54, 1.807) is 6.07 Å². The van der Waals surface area contributed by atoms with Gasteiger partial charge in [0.15, 0.2) is 0 Å². The Morgan fingerprint density at radius 3 is 3.10 bits per heavy atom. The molecule has 0 aliphatic carbocycles. The van der Waals surface area contributed by atoms with Crippen LogP contribution in [-0.2, 0) is 4.74 Å². The highest BCUT2D eigenvalue weighted by Crippen LogP contribution is 2.25. The summed E-state index contributed by atoms with van der Waals surface area (Å²) >= 11 is 6.11. The second-order valence-corrected chi connectivity index (χ2v) is 5.30. The molecule has 1 aliphatic heterocycles. The Balaban J connectivity index is 2.02. The average Bonchev–Trinajstić information content (AvgIpc) is 2.93. The first-order chi connectivity index (χ1) is 9.60. The van der Waals surface area contributed by atoms with Crippen molar-refractivity contribution in [3.8, 4) is 5.88 Å². The molecule has 0 saturated carbocycles. The third-order valence-electron chi connectivity index (χ3n) is 3.23. The first kappa shape index (κ1) is 15.1. The topological polar surface area (TPSA) is 60.5 Å². The lowest BCUT2D eigenvalue weighted by Gasteiger charge is -2.14. The van der Waals surface area contributed by atoms with Gasteiger partial charge >= 0.3 is 0 Å². The van der Waals surface area contributed by atoms with Crippen LogP contribution in [0.1, 0.15) is 37.0 Å². The summed E-state index contributed by atoms with van der Waals surface area (Å²) in [5.41, 5.74) is 0.435. The van der Waals surface area contributed by atoms with Crippen molar-refractivity contribution < 1.29 is 14.3 Å². The second-order valence-electron chi connectivity index (χ2n) is 4.90. The van der Waals surface area contributed by atoms with E-state index in [-0.39, 0.29) is 18.1 Å². The number of nitrogens with zero attached hydrogens (tertiary/aromatic N) is 1. The van der Waals surface area contributed by atoms with Gasteiger partial charge in [0.2, 0.25) is 5.88 Å². The minimum absolute atomic E-state index is 0.0141. The summed E-state index contributed by atoms with van der Waals surface area (Å²) in [6.45, 7) is 5.20. The lowest BCUT2D eigenvalue weighted by molar-refractivity contribution is 0.0938. The highest BCUT2D eigenvalue weighted by molar-refractivity contribution is 6.32. The number of pyridine rings is 1. The van der Waals surface area contributed by atoms with Crippen LogP contribution in [0.5, 0.6) is 5.88 Å². The molecule has 110 valence electrons. The number of hydrogen-bond donors (Lipinski definition) is 1. The van der Waals surface area contributed by atoms with Crippen LogP contribution in [0.3, 0.4) is 0 Å². The Morgan fingerprint density at radius 1 is 1.70 bits per heavy atom. The molecule has 20 heavy (non-hydrogen) atoms. The minimum Gasteiger partial charge on any atom is -0.471 e. The van der Waals surface area contributed by atoms with Crippen molar-refractivity contribution in [3.63, 3.8) is 0 Å². The van der Waals surface area contributed by atoms with Crippen LogP contribution in [0.25, 0.3) is 0 Å². The van der Waals surface area contributed by atoms with Crippen molar-refractivity contribution in [2.24, 2.45) is 0 Å². The summed E-state index contributed by atoms with van der Waals surface area (Å²) in [4.78, 5) is 16.1. The van der Waals surface area contributed by atoms with Gasteiger partial charge in [-0.3, -0.25) is 4.79 Å². The first-order valence-electron chi connectivity index (χ1n) is 6.81. The molecule has 0 bridgehead atoms. The van der Waals surface area contributed by atoms with Crippen LogP contribution in [0.4, 0.5) is 0 Å². The van der Waals surface area contributed by atoms with E-state index >= 15 is 0 Å². The molecule has 1 fully saturated rings. The van der Waals surface area contributed by atoms with Crippen molar-refractivity contribution in [2.45, 2.75) is 38.8 Å². The van der Waals surface area contributed by atoms with Gasteiger partial charge in [-0.15, -0.1) is 0 Å². The summed E-state index contributed by atoms with van der Waals surface area (Å²) < 4.78 is 10.9. The fourth-order valence-electron chi connectivity index (χ4n) is 1.81. The Morgan fingerprint density at radius 2 is 2.50 bits per heavy atom. The van der Waals surface area contributed by atoms with Crippen LogP contribution in [-0.4, -0.2) is 36.3 Å². The van der Waals surface area contributed by atoms with E-state index in [9.17, 15) is 4.79 Å². The summed E-state index contributed by atoms with van der Waals surface area (Å²) in [7, 11) is 0. The minimum atomic E-state index is -0.176. The molecule has 1 aliphatic rings. The lowest BCUT2D eigenvalue weighted by Crippen LogP contribution is -2.32. The van der Waals surface area contributed by atoms with E-state index < -0.39 is 0 Å². The average molecular weight is 299 g/mol.